The van der Waals surface area contributed by atoms with Crippen LogP contribution in [-0.4, -0.2) is 41.9 Å². The van der Waals surface area contributed by atoms with Crippen LogP contribution in [0.3, 0.4) is 0 Å². The van der Waals surface area contributed by atoms with E-state index < -0.39 is 35.0 Å². The fraction of sp³-hybridized carbons (Fsp3) is 0.314. The van der Waals surface area contributed by atoms with Gasteiger partial charge in [-0.25, -0.2) is 4.90 Å². The monoisotopic (exact) mass is 610 g/mol. The first-order valence-corrected chi connectivity index (χ1v) is 15.2. The number of nitrogens with zero attached hydrogens (tertiary/aromatic N) is 2. The normalized spacial score (nSPS) is 29.3. The van der Waals surface area contributed by atoms with Gasteiger partial charge in [-0.2, -0.15) is 0 Å². The van der Waals surface area contributed by atoms with Gasteiger partial charge in [0.15, 0.2) is 0 Å². The summed E-state index contributed by atoms with van der Waals surface area (Å²) >= 11 is 6.08. The van der Waals surface area contributed by atoms with Crippen LogP contribution in [0.1, 0.15) is 31.2 Å². The van der Waals surface area contributed by atoms with E-state index in [0.29, 0.717) is 35.0 Å². The van der Waals surface area contributed by atoms with E-state index in [1.165, 1.54) is 9.80 Å². The number of para-hydroxylation sites is 1. The molecular weight excluding hydrogens is 580 g/mol. The molecule has 0 bridgehead atoms. The Bertz CT molecular complexity index is 1690. The summed E-state index contributed by atoms with van der Waals surface area (Å²) in [5, 5.41) is 9.68. The summed E-state index contributed by atoms with van der Waals surface area (Å²) in [6, 6.07) is 22.9. The number of hydrogen-bond acceptors (Lipinski definition) is 6. The minimum atomic E-state index is -1.11. The highest BCUT2D eigenvalue weighted by Crippen LogP contribution is 2.63. The van der Waals surface area contributed by atoms with Crippen molar-refractivity contribution < 1.29 is 29.0 Å². The number of allylic oxidation sites excluding steroid dienone is 2. The van der Waals surface area contributed by atoms with Gasteiger partial charge in [0, 0.05) is 10.9 Å². The molecule has 2 aliphatic carbocycles. The van der Waals surface area contributed by atoms with Crippen molar-refractivity contribution in [3.63, 3.8) is 0 Å². The Morgan fingerprint density at radius 3 is 2.20 bits per heavy atom. The molecule has 44 heavy (non-hydrogen) atoms. The Kier molecular flexibility index (Phi) is 6.94. The summed E-state index contributed by atoms with van der Waals surface area (Å²) in [5.74, 6) is -3.33. The molecule has 7 rings (SSSR count). The van der Waals surface area contributed by atoms with Crippen LogP contribution >= 0.6 is 11.6 Å². The first kappa shape index (κ1) is 28.5. The molecule has 0 spiro atoms. The maximum absolute atomic E-state index is 14.4. The first-order valence-electron chi connectivity index (χ1n) is 14.9. The van der Waals surface area contributed by atoms with E-state index in [9.17, 15) is 24.3 Å². The van der Waals surface area contributed by atoms with Crippen LogP contribution in [0.2, 0.25) is 5.02 Å². The molecule has 3 aromatic rings. The lowest BCUT2D eigenvalue weighted by Crippen LogP contribution is -2.48. The number of aliphatic hydroxyl groups excluding tert-OH is 1. The van der Waals surface area contributed by atoms with E-state index in [1.54, 1.807) is 60.7 Å². The average molecular weight is 611 g/mol. The molecule has 224 valence electrons. The highest BCUT2D eigenvalue weighted by atomic mass is 35.5. The quantitative estimate of drug-likeness (QED) is 0.306. The van der Waals surface area contributed by atoms with Gasteiger partial charge in [-0.3, -0.25) is 24.1 Å². The summed E-state index contributed by atoms with van der Waals surface area (Å²) < 4.78 is 5.58. The van der Waals surface area contributed by atoms with Crippen LogP contribution in [-0.2, 0) is 19.2 Å². The van der Waals surface area contributed by atoms with Gasteiger partial charge in [0.1, 0.15) is 12.4 Å². The van der Waals surface area contributed by atoms with Gasteiger partial charge in [-0.1, -0.05) is 53.6 Å². The Labute approximate surface area is 259 Å². The predicted molar refractivity (Wildman–Crippen MR) is 164 cm³/mol. The second-order valence-corrected chi connectivity index (χ2v) is 12.6. The third kappa shape index (κ3) is 4.15. The molecule has 2 aliphatic heterocycles. The minimum Gasteiger partial charge on any atom is -0.491 e. The van der Waals surface area contributed by atoms with Crippen LogP contribution < -0.4 is 14.5 Å². The lowest BCUT2D eigenvalue weighted by molar-refractivity contribution is -0.131. The highest BCUT2D eigenvalue weighted by molar-refractivity contribution is 6.31. The van der Waals surface area contributed by atoms with Crippen molar-refractivity contribution >= 4 is 46.6 Å². The van der Waals surface area contributed by atoms with Crippen molar-refractivity contribution in [2.24, 2.45) is 29.1 Å². The van der Waals surface area contributed by atoms with Crippen molar-refractivity contribution in [3.8, 4) is 5.75 Å². The molecule has 1 N–H and O–H groups in total. The van der Waals surface area contributed by atoms with Gasteiger partial charge in [0.25, 0.3) is 0 Å². The number of rotatable bonds is 6. The molecule has 0 unspecified atom stereocenters. The number of carbonyl (C=O) groups is 4. The molecule has 1 saturated carbocycles. The van der Waals surface area contributed by atoms with E-state index in [4.69, 9.17) is 16.3 Å². The second-order valence-electron chi connectivity index (χ2n) is 12.1. The Hall–Kier alpha value is -4.27. The molecule has 2 saturated heterocycles. The number of ether oxygens (including phenoxy) is 1. The second kappa shape index (κ2) is 10.7. The highest BCUT2D eigenvalue weighted by Gasteiger charge is 2.67. The molecular formula is C35H31ClN2O6. The molecule has 3 fully saturated rings. The maximum Gasteiger partial charge on any atom is 0.241 e. The van der Waals surface area contributed by atoms with Crippen LogP contribution in [0.15, 0.2) is 90.5 Å². The zero-order valence-corrected chi connectivity index (χ0v) is 24.8. The van der Waals surface area contributed by atoms with Gasteiger partial charge in [-0.15, -0.1) is 0 Å². The number of anilines is 2. The summed E-state index contributed by atoms with van der Waals surface area (Å²) in [6.07, 6.45) is 2.69. The Balaban J connectivity index is 1.33. The molecule has 8 nitrogen and oxygen atoms in total. The van der Waals surface area contributed by atoms with Crippen LogP contribution in [0.4, 0.5) is 11.4 Å². The number of aliphatic hydroxyl groups is 1. The summed E-state index contributed by atoms with van der Waals surface area (Å²) in [6.45, 7) is 1.90. The molecule has 6 atom stereocenters. The third-order valence-electron chi connectivity index (χ3n) is 9.95. The largest absolute Gasteiger partial charge is 0.491 e. The van der Waals surface area contributed by atoms with E-state index in [0.717, 1.165) is 11.1 Å². The van der Waals surface area contributed by atoms with E-state index >= 15 is 0 Å². The van der Waals surface area contributed by atoms with E-state index in [-0.39, 0.29) is 36.8 Å². The van der Waals surface area contributed by atoms with E-state index in [2.05, 4.69) is 0 Å². The maximum atomic E-state index is 14.4. The summed E-state index contributed by atoms with van der Waals surface area (Å²) in [4.78, 5) is 59.0. The zero-order chi connectivity index (χ0) is 30.7. The lowest BCUT2D eigenvalue weighted by Gasteiger charge is -2.49. The van der Waals surface area contributed by atoms with Crippen molar-refractivity contribution in [3.05, 3.63) is 101 Å². The summed E-state index contributed by atoms with van der Waals surface area (Å²) in [7, 11) is 0. The average Bonchev–Trinajstić information content (AvgIpc) is 3.40. The smallest absolute Gasteiger partial charge is 0.241 e. The van der Waals surface area contributed by atoms with Crippen molar-refractivity contribution in [2.75, 3.05) is 23.0 Å². The molecule has 0 radical (unpaired) electrons. The number of fused-ring (bicyclic) bond motifs is 4. The number of hydrogen-bond donors (Lipinski definition) is 1. The van der Waals surface area contributed by atoms with Crippen molar-refractivity contribution in [1.82, 2.24) is 0 Å². The lowest BCUT2D eigenvalue weighted by atomic mass is 9.51. The fourth-order valence-corrected chi connectivity index (χ4v) is 8.11. The molecule has 4 aliphatic rings. The SMILES string of the molecule is C[C@@]12C(=O)N(c3ccccc3)C(=O)[C@@H]1C[C@@H]1C(=CC[C@@H]3C(=O)N(c4ccc(Cl)cc4)C(=O)[C@@H]31)[C@@H]2c1ccc(OCCO)cc1. The number of halogens is 1. The Morgan fingerprint density at radius 2 is 1.52 bits per heavy atom. The van der Waals surface area contributed by atoms with Gasteiger partial charge < -0.3 is 9.84 Å². The van der Waals surface area contributed by atoms with Gasteiger partial charge in [0.05, 0.1) is 41.2 Å². The summed E-state index contributed by atoms with van der Waals surface area (Å²) in [5.41, 5.74) is 1.62. The molecule has 4 amide bonds. The van der Waals surface area contributed by atoms with Gasteiger partial charge in [0.2, 0.25) is 23.6 Å². The van der Waals surface area contributed by atoms with Gasteiger partial charge in [-0.05, 0) is 79.8 Å². The molecule has 0 aromatic heterocycles. The van der Waals surface area contributed by atoms with Crippen molar-refractivity contribution in [1.29, 1.82) is 0 Å². The number of carbonyl (C=O) groups excluding carboxylic acids is 4. The van der Waals surface area contributed by atoms with Crippen LogP contribution in [0.25, 0.3) is 0 Å². The Morgan fingerprint density at radius 1 is 0.841 bits per heavy atom. The zero-order valence-electron chi connectivity index (χ0n) is 24.1. The topological polar surface area (TPSA) is 104 Å². The van der Waals surface area contributed by atoms with E-state index in [1.807, 2.05) is 31.2 Å². The van der Waals surface area contributed by atoms with Crippen LogP contribution in [0.5, 0.6) is 5.75 Å². The predicted octanol–water partition coefficient (Wildman–Crippen LogP) is 5.15. The fourth-order valence-electron chi connectivity index (χ4n) is 7.98. The van der Waals surface area contributed by atoms with Gasteiger partial charge >= 0.3 is 0 Å². The molecule has 3 aromatic carbocycles. The number of imide groups is 2. The third-order valence-corrected chi connectivity index (χ3v) is 10.2. The van der Waals surface area contributed by atoms with Crippen LogP contribution in [0, 0.1) is 29.1 Å². The number of benzene rings is 3. The molecule has 9 heteroatoms. The van der Waals surface area contributed by atoms with Crippen molar-refractivity contribution in [2.45, 2.75) is 25.7 Å². The standard InChI is InChI=1S/C35H31ClN2O6/c1-35-28(32(41)38(34(35)43)22-5-3-2-4-6-22)19-27-25(30(35)20-7-13-24(14-8-20)44-18-17-39)15-16-26-29(27)33(42)37(31(26)40)23-11-9-21(36)10-12-23/h2-15,26-30,39H,16-19H2,1H3/t26-,27+,28-,29-,30-,35+/m0/s1. The number of amides is 4. The first-order chi connectivity index (χ1) is 21.3. The molecule has 2 heterocycles. The minimum absolute atomic E-state index is 0.118.